The molecule has 0 bridgehead atoms. The number of aliphatic carboxylic acids is 1. The minimum atomic E-state index is -2.93. The van der Waals surface area contributed by atoms with E-state index in [1.54, 1.807) is 0 Å². The van der Waals surface area contributed by atoms with E-state index in [1.807, 2.05) is 0 Å². The third-order valence-corrected chi connectivity index (χ3v) is 1.26. The number of hydrogen-bond donors (Lipinski definition) is 2. The fourth-order valence-corrected chi connectivity index (χ4v) is 0.798. The van der Waals surface area contributed by atoms with Crippen molar-refractivity contribution in [3.8, 4) is 0 Å². The van der Waals surface area contributed by atoms with Gasteiger partial charge in [-0.05, 0) is 6.92 Å². The number of thiol groups is 1. The molecule has 0 fully saturated rings. The summed E-state index contributed by atoms with van der Waals surface area (Å²) >= 11 is 0. The minimum absolute atomic E-state index is 0.302. The van der Waals surface area contributed by atoms with Crippen molar-refractivity contribution < 1.29 is 22.5 Å². The number of carboxylic acids is 1. The highest BCUT2D eigenvalue weighted by molar-refractivity contribution is 7.67. The summed E-state index contributed by atoms with van der Waals surface area (Å²) in [6, 6.07) is 0. The van der Waals surface area contributed by atoms with Crippen molar-refractivity contribution in [2.45, 2.75) is 19.4 Å². The highest BCUT2D eigenvalue weighted by atomic mass is 32.2. The predicted octanol–water partition coefficient (Wildman–Crippen LogP) is -0.607. The lowest BCUT2D eigenvalue weighted by Gasteiger charge is -2.01. The van der Waals surface area contributed by atoms with Crippen LogP contribution in [-0.2, 0) is 20.0 Å². The maximum atomic E-state index is 9.91. The number of carbonyl (C=O) groups is 1. The van der Waals surface area contributed by atoms with Crippen LogP contribution in [0.25, 0.3) is 0 Å². The summed E-state index contributed by atoms with van der Waals surface area (Å²) in [7, 11) is -2.93. The molecule has 0 saturated heterocycles. The zero-order chi connectivity index (χ0) is 8.15. The van der Waals surface area contributed by atoms with Gasteiger partial charge < -0.3 is 5.11 Å². The Hall–Kier alpha value is -0.620. The molecule has 0 radical (unpaired) electrons. The third kappa shape index (κ3) is 5.52. The molecule has 0 spiro atoms. The first-order chi connectivity index (χ1) is 4.52. The maximum Gasteiger partial charge on any atom is 0.306 e. The Bertz CT molecular complexity index is 176. The van der Waals surface area contributed by atoms with Crippen LogP contribution in [0.3, 0.4) is 0 Å². The van der Waals surface area contributed by atoms with E-state index in [-0.39, 0.29) is 6.42 Å². The topological polar surface area (TPSA) is 80.7 Å². The van der Waals surface area contributed by atoms with Crippen molar-refractivity contribution >= 4 is 17.0 Å². The van der Waals surface area contributed by atoms with Crippen molar-refractivity contribution in [3.63, 3.8) is 0 Å². The molecule has 0 unspecified atom stereocenters. The minimum Gasteiger partial charge on any atom is -0.481 e. The first-order valence-corrected chi connectivity index (χ1v) is 3.65. The van der Waals surface area contributed by atoms with Crippen LogP contribution < -0.4 is 0 Å². The zero-order valence-electron chi connectivity index (χ0n) is 5.31. The summed E-state index contributed by atoms with van der Waals surface area (Å²) in [6.45, 7) is 1.37. The number of rotatable bonds is 4. The lowest BCUT2D eigenvalue weighted by Crippen LogP contribution is -2.12. The lowest BCUT2D eigenvalue weighted by atomic mass is 10.3. The molecule has 0 aliphatic heterocycles. The summed E-state index contributed by atoms with van der Waals surface area (Å²) < 4.78 is 23.8. The van der Waals surface area contributed by atoms with E-state index < -0.39 is 23.1 Å². The van der Waals surface area contributed by atoms with Gasteiger partial charge in [-0.15, -0.1) is 0 Å². The second-order valence-electron chi connectivity index (χ2n) is 1.74. The molecule has 0 heterocycles. The van der Waals surface area contributed by atoms with Gasteiger partial charge in [0.05, 0.1) is 12.5 Å². The molecule has 0 aliphatic carbocycles. The molecule has 0 aliphatic rings. The maximum absolute atomic E-state index is 9.91. The zero-order valence-corrected chi connectivity index (χ0v) is 6.21. The van der Waals surface area contributed by atoms with E-state index in [1.165, 1.54) is 6.92 Å². The van der Waals surface area contributed by atoms with Crippen LogP contribution in [-0.4, -0.2) is 25.6 Å². The van der Waals surface area contributed by atoms with Gasteiger partial charge in [-0.25, -0.2) is 8.42 Å². The molecule has 0 aromatic heterocycles. The average molecular weight is 168 g/mol. The Morgan fingerprint density at radius 1 is 1.70 bits per heavy atom. The Kier molecular flexibility index (Phi) is 3.97. The normalized spacial score (nSPS) is 13.4. The number of hydrogen-bond acceptors (Lipinski definition) is 4. The summed E-state index contributed by atoms with van der Waals surface area (Å²) in [6.07, 6.45) is -1.08. The lowest BCUT2D eigenvalue weighted by molar-refractivity contribution is -0.138. The van der Waals surface area contributed by atoms with Gasteiger partial charge in [0, 0.05) is 0 Å². The third-order valence-electron chi connectivity index (χ3n) is 0.728. The molecule has 0 saturated carbocycles. The van der Waals surface area contributed by atoms with Crippen molar-refractivity contribution in [3.05, 3.63) is 0 Å². The summed E-state index contributed by atoms with van der Waals surface area (Å²) in [4.78, 5) is 9.91. The van der Waals surface area contributed by atoms with Crippen LogP contribution in [0.4, 0.5) is 0 Å². The molecule has 1 atom stereocenters. The van der Waals surface area contributed by atoms with Crippen LogP contribution in [0.2, 0.25) is 0 Å². The van der Waals surface area contributed by atoms with Crippen LogP contribution in [0, 0.1) is 0 Å². The Balaban J connectivity index is 3.63. The molecular weight excluding hydrogens is 160 g/mol. The molecule has 1 N–H and O–H groups in total. The van der Waals surface area contributed by atoms with Crippen LogP contribution in [0.5, 0.6) is 0 Å². The summed E-state index contributed by atoms with van der Waals surface area (Å²) in [5.41, 5.74) is 0. The largest absolute Gasteiger partial charge is 0.481 e. The summed E-state index contributed by atoms with van der Waals surface area (Å²) in [5, 5.41) is 8.12. The molecule has 5 nitrogen and oxygen atoms in total. The standard InChI is InChI=1S/C4H8O5S/c1-3(2-4(5)6)9-10(7)8/h3,10H,2H2,1H3,(H,5,6)/t3-/m1/s1. The van der Waals surface area contributed by atoms with Gasteiger partial charge in [0.2, 0.25) is 0 Å². The van der Waals surface area contributed by atoms with Crippen molar-refractivity contribution in [2.24, 2.45) is 0 Å². The Morgan fingerprint density at radius 3 is 2.50 bits per heavy atom. The fraction of sp³-hybridized carbons (Fsp3) is 0.750. The first kappa shape index (κ1) is 9.38. The van der Waals surface area contributed by atoms with Gasteiger partial charge in [-0.2, -0.15) is 0 Å². The van der Waals surface area contributed by atoms with E-state index >= 15 is 0 Å². The highest BCUT2D eigenvalue weighted by Gasteiger charge is 2.07. The summed E-state index contributed by atoms with van der Waals surface area (Å²) in [5.74, 6) is -1.08. The molecule has 10 heavy (non-hydrogen) atoms. The Morgan fingerprint density at radius 2 is 2.20 bits per heavy atom. The van der Waals surface area contributed by atoms with E-state index in [9.17, 15) is 13.2 Å². The van der Waals surface area contributed by atoms with Gasteiger partial charge >= 0.3 is 5.97 Å². The average Bonchev–Trinajstić information content (AvgIpc) is 1.58. The second-order valence-corrected chi connectivity index (χ2v) is 2.40. The SMILES string of the molecule is C[C@H](CC(=O)O)O[SH](=O)=O. The number of carboxylic acid groups (broad SMARTS) is 1. The van der Waals surface area contributed by atoms with Crippen LogP contribution in [0.15, 0.2) is 0 Å². The fourth-order valence-electron chi connectivity index (χ4n) is 0.430. The van der Waals surface area contributed by atoms with Gasteiger partial charge in [0.15, 0.2) is 0 Å². The Labute approximate surface area is 59.8 Å². The first-order valence-electron chi connectivity index (χ1n) is 2.55. The van der Waals surface area contributed by atoms with Crippen molar-refractivity contribution in [1.82, 2.24) is 0 Å². The van der Waals surface area contributed by atoms with Gasteiger partial charge in [-0.1, -0.05) is 0 Å². The van der Waals surface area contributed by atoms with Crippen molar-refractivity contribution in [2.75, 3.05) is 0 Å². The van der Waals surface area contributed by atoms with E-state index in [0.29, 0.717) is 0 Å². The van der Waals surface area contributed by atoms with Crippen LogP contribution >= 0.6 is 0 Å². The monoisotopic (exact) mass is 168 g/mol. The smallest absolute Gasteiger partial charge is 0.306 e. The van der Waals surface area contributed by atoms with Crippen LogP contribution in [0.1, 0.15) is 13.3 Å². The molecule has 0 aromatic carbocycles. The molecule has 6 heteroatoms. The van der Waals surface area contributed by atoms with Gasteiger partial charge in [-0.3, -0.25) is 8.98 Å². The highest BCUT2D eigenvalue weighted by Crippen LogP contribution is 1.95. The molecular formula is C4H8O5S. The second kappa shape index (κ2) is 4.24. The molecule has 0 aromatic rings. The van der Waals surface area contributed by atoms with E-state index in [2.05, 4.69) is 4.18 Å². The van der Waals surface area contributed by atoms with Gasteiger partial charge in [0.25, 0.3) is 11.0 Å². The molecule has 0 rings (SSSR count). The van der Waals surface area contributed by atoms with Gasteiger partial charge in [0.1, 0.15) is 0 Å². The van der Waals surface area contributed by atoms with E-state index in [0.717, 1.165) is 0 Å². The molecule has 60 valence electrons. The predicted molar refractivity (Wildman–Crippen MR) is 33.1 cm³/mol. The van der Waals surface area contributed by atoms with Crippen molar-refractivity contribution in [1.29, 1.82) is 0 Å². The van der Waals surface area contributed by atoms with E-state index in [4.69, 9.17) is 5.11 Å². The molecule has 0 amide bonds. The quantitative estimate of drug-likeness (QED) is 0.547.